The third-order valence-electron chi connectivity index (χ3n) is 2.47. The van der Waals surface area contributed by atoms with Gasteiger partial charge in [-0.3, -0.25) is 0 Å². The zero-order chi connectivity index (χ0) is 15.9. The molecule has 0 fully saturated rings. The van der Waals surface area contributed by atoms with Crippen molar-refractivity contribution in [1.29, 1.82) is 0 Å². The van der Waals surface area contributed by atoms with E-state index in [0.29, 0.717) is 16.6 Å². The topological polar surface area (TPSA) is 36.4 Å². The molecule has 8 heteroatoms. The Bertz CT molecular complexity index is 489. The first-order valence-electron chi connectivity index (χ1n) is 6.34. The summed E-state index contributed by atoms with van der Waals surface area (Å²) in [4.78, 5) is 4.07. The van der Waals surface area contributed by atoms with Crippen LogP contribution in [0.3, 0.4) is 0 Å². The summed E-state index contributed by atoms with van der Waals surface area (Å²) in [5, 5.41) is 5.38. The molecule has 0 radical (unpaired) electrons. The summed E-state index contributed by atoms with van der Waals surface area (Å²) in [6.07, 6.45) is -5.17. The van der Waals surface area contributed by atoms with Crippen LogP contribution < -0.4 is 10.6 Å². The van der Waals surface area contributed by atoms with Gasteiger partial charge >= 0.3 is 6.18 Å². The number of hydrogen-bond acceptors (Lipinski definition) is 1. The molecule has 0 aromatic heterocycles. The van der Waals surface area contributed by atoms with Crippen molar-refractivity contribution in [2.24, 2.45) is 4.99 Å². The summed E-state index contributed by atoms with van der Waals surface area (Å²) in [5.41, 5.74) is 0.367. The molecule has 0 bridgehead atoms. The largest absolute Gasteiger partial charge is 0.390 e. The van der Waals surface area contributed by atoms with Crippen LogP contribution in [0.5, 0.6) is 0 Å². The molecule has 0 aliphatic carbocycles. The zero-order valence-corrected chi connectivity index (χ0v) is 13.0. The molecule has 118 valence electrons. The monoisotopic (exact) mass is 369 g/mol. The first kappa shape index (κ1) is 17.7. The smallest absolute Gasteiger partial charge is 0.357 e. The Morgan fingerprint density at radius 3 is 2.57 bits per heavy atom. The van der Waals surface area contributed by atoms with E-state index in [4.69, 9.17) is 0 Å². The highest BCUT2D eigenvalue weighted by Gasteiger charge is 2.26. The second kappa shape index (κ2) is 8.21. The number of rotatable bonds is 5. The van der Waals surface area contributed by atoms with Crippen molar-refractivity contribution >= 4 is 21.9 Å². The lowest BCUT2D eigenvalue weighted by Gasteiger charge is -2.12. The maximum atomic E-state index is 13.6. The van der Waals surface area contributed by atoms with E-state index in [-0.39, 0.29) is 19.0 Å². The maximum Gasteiger partial charge on any atom is 0.390 e. The average molecular weight is 370 g/mol. The SMILES string of the molecule is CCNC(=NCc1ccc(Br)cc1F)NCCC(F)(F)F. The van der Waals surface area contributed by atoms with Crippen LogP contribution in [0.15, 0.2) is 27.7 Å². The number of hydrogen-bond donors (Lipinski definition) is 2. The molecule has 0 saturated heterocycles. The third kappa shape index (κ3) is 7.31. The predicted molar refractivity (Wildman–Crippen MR) is 77.6 cm³/mol. The number of guanidine groups is 1. The minimum Gasteiger partial charge on any atom is -0.357 e. The van der Waals surface area contributed by atoms with Crippen molar-refractivity contribution in [3.63, 3.8) is 0 Å². The molecule has 3 nitrogen and oxygen atoms in total. The van der Waals surface area contributed by atoms with Crippen molar-refractivity contribution in [3.8, 4) is 0 Å². The maximum absolute atomic E-state index is 13.6. The number of nitrogens with one attached hydrogen (secondary N) is 2. The fourth-order valence-corrected chi connectivity index (χ4v) is 1.81. The fraction of sp³-hybridized carbons (Fsp3) is 0.462. The van der Waals surface area contributed by atoms with Crippen molar-refractivity contribution in [2.75, 3.05) is 13.1 Å². The quantitative estimate of drug-likeness (QED) is 0.472. The molecular weight excluding hydrogens is 354 g/mol. The molecule has 2 N–H and O–H groups in total. The van der Waals surface area contributed by atoms with Gasteiger partial charge in [-0.05, 0) is 19.1 Å². The van der Waals surface area contributed by atoms with Gasteiger partial charge < -0.3 is 10.6 Å². The summed E-state index contributed by atoms with van der Waals surface area (Å²) in [6, 6.07) is 4.56. The highest BCUT2D eigenvalue weighted by molar-refractivity contribution is 9.10. The fourth-order valence-electron chi connectivity index (χ4n) is 1.48. The number of benzene rings is 1. The van der Waals surface area contributed by atoms with Crippen LogP contribution in [0.4, 0.5) is 17.6 Å². The van der Waals surface area contributed by atoms with E-state index in [9.17, 15) is 17.6 Å². The molecule has 1 aromatic rings. The number of nitrogens with zero attached hydrogens (tertiary/aromatic N) is 1. The van der Waals surface area contributed by atoms with Gasteiger partial charge in [0.05, 0.1) is 13.0 Å². The van der Waals surface area contributed by atoms with Crippen LogP contribution in [0, 0.1) is 5.82 Å². The Labute approximate surface area is 129 Å². The number of halogens is 5. The van der Waals surface area contributed by atoms with Crippen molar-refractivity contribution in [1.82, 2.24) is 10.6 Å². The highest BCUT2D eigenvalue weighted by atomic mass is 79.9. The highest BCUT2D eigenvalue weighted by Crippen LogP contribution is 2.18. The van der Waals surface area contributed by atoms with Crippen LogP contribution in [0.25, 0.3) is 0 Å². The second-order valence-electron chi connectivity index (χ2n) is 4.22. The van der Waals surface area contributed by atoms with Gasteiger partial charge in [0.1, 0.15) is 5.82 Å². The van der Waals surface area contributed by atoms with Gasteiger partial charge in [0.2, 0.25) is 0 Å². The Hall–Kier alpha value is -1.31. The van der Waals surface area contributed by atoms with Crippen LogP contribution in [0.1, 0.15) is 18.9 Å². The third-order valence-corrected chi connectivity index (χ3v) is 2.96. The lowest BCUT2D eigenvalue weighted by molar-refractivity contribution is -0.132. The van der Waals surface area contributed by atoms with Gasteiger partial charge in [0.25, 0.3) is 0 Å². The summed E-state index contributed by atoms with van der Waals surface area (Å²) in [6.45, 7) is 2.06. The number of aliphatic imine (C=N–C) groups is 1. The minimum absolute atomic E-state index is 0.0421. The van der Waals surface area contributed by atoms with E-state index < -0.39 is 18.4 Å². The van der Waals surface area contributed by atoms with Gasteiger partial charge in [-0.2, -0.15) is 13.2 Å². The Balaban J connectivity index is 2.62. The van der Waals surface area contributed by atoms with Crippen LogP contribution in [0.2, 0.25) is 0 Å². The molecular formula is C13H16BrF4N3. The molecule has 0 spiro atoms. The van der Waals surface area contributed by atoms with Crippen LogP contribution in [-0.4, -0.2) is 25.2 Å². The summed E-state index contributed by atoms with van der Waals surface area (Å²) in [5.74, 6) is -0.191. The van der Waals surface area contributed by atoms with E-state index in [1.54, 1.807) is 19.1 Å². The molecule has 0 heterocycles. The van der Waals surface area contributed by atoms with Gasteiger partial charge in [0.15, 0.2) is 5.96 Å². The standard InChI is InChI=1S/C13H16BrF4N3/c1-2-19-12(20-6-5-13(16,17)18)21-8-9-3-4-10(14)7-11(9)15/h3-4,7H,2,5-6,8H2,1H3,(H2,19,20,21). The van der Waals surface area contributed by atoms with Crippen LogP contribution >= 0.6 is 15.9 Å². The van der Waals surface area contributed by atoms with Crippen molar-refractivity contribution < 1.29 is 17.6 Å². The molecule has 0 atom stereocenters. The molecule has 21 heavy (non-hydrogen) atoms. The lowest BCUT2D eigenvalue weighted by Crippen LogP contribution is -2.38. The first-order chi connectivity index (χ1) is 9.81. The second-order valence-corrected chi connectivity index (χ2v) is 5.14. The molecule has 1 aromatic carbocycles. The number of alkyl halides is 3. The van der Waals surface area contributed by atoms with Gasteiger partial charge in [-0.25, -0.2) is 9.38 Å². The molecule has 0 aliphatic rings. The van der Waals surface area contributed by atoms with Gasteiger partial charge in [-0.15, -0.1) is 0 Å². The van der Waals surface area contributed by atoms with E-state index in [1.165, 1.54) is 6.07 Å². The van der Waals surface area contributed by atoms with E-state index >= 15 is 0 Å². The molecule has 0 amide bonds. The van der Waals surface area contributed by atoms with Gasteiger partial charge in [-0.1, -0.05) is 22.0 Å². The van der Waals surface area contributed by atoms with Crippen molar-refractivity contribution in [3.05, 3.63) is 34.1 Å². The molecule has 0 aliphatic heterocycles. The Morgan fingerprint density at radius 1 is 1.29 bits per heavy atom. The average Bonchev–Trinajstić information content (AvgIpc) is 2.36. The normalized spacial score (nSPS) is 12.4. The van der Waals surface area contributed by atoms with E-state index in [0.717, 1.165) is 0 Å². The zero-order valence-electron chi connectivity index (χ0n) is 11.4. The van der Waals surface area contributed by atoms with Crippen LogP contribution in [-0.2, 0) is 6.54 Å². The first-order valence-corrected chi connectivity index (χ1v) is 7.14. The summed E-state index contributed by atoms with van der Waals surface area (Å²) in [7, 11) is 0. The molecule has 0 unspecified atom stereocenters. The summed E-state index contributed by atoms with van der Waals surface area (Å²) < 4.78 is 50.5. The predicted octanol–water partition coefficient (Wildman–Crippen LogP) is 3.60. The molecule has 0 saturated carbocycles. The molecule has 1 rings (SSSR count). The van der Waals surface area contributed by atoms with Crippen molar-refractivity contribution in [2.45, 2.75) is 26.1 Å². The Kier molecular flexibility index (Phi) is 6.94. The lowest BCUT2D eigenvalue weighted by atomic mass is 10.2. The van der Waals surface area contributed by atoms with E-state index in [2.05, 4.69) is 31.6 Å². The Morgan fingerprint density at radius 2 is 2.00 bits per heavy atom. The van der Waals surface area contributed by atoms with Gasteiger partial charge in [0, 0.05) is 23.1 Å². The summed E-state index contributed by atoms with van der Waals surface area (Å²) >= 11 is 3.15. The minimum atomic E-state index is -4.22. The van der Waals surface area contributed by atoms with E-state index in [1.807, 2.05) is 0 Å².